The van der Waals surface area contributed by atoms with Crippen LogP contribution in [0.3, 0.4) is 0 Å². The Balaban J connectivity index is 2.62. The summed E-state index contributed by atoms with van der Waals surface area (Å²) in [5.74, 6) is 0. The maximum Gasteiger partial charge on any atom is 0.115 e. The molecule has 0 spiro atoms. The summed E-state index contributed by atoms with van der Waals surface area (Å²) in [6.07, 6.45) is -0.634. The van der Waals surface area contributed by atoms with Crippen LogP contribution in [0.2, 0.25) is 5.02 Å². The van der Waals surface area contributed by atoms with E-state index in [0.29, 0.717) is 5.02 Å². The second kappa shape index (κ2) is 5.28. The van der Waals surface area contributed by atoms with Crippen LogP contribution in [0.4, 0.5) is 0 Å². The number of halogens is 1. The zero-order valence-electron chi connectivity index (χ0n) is 12.0. The minimum absolute atomic E-state index is 0.634. The highest BCUT2D eigenvalue weighted by Crippen LogP contribution is 2.39. The summed E-state index contributed by atoms with van der Waals surface area (Å²) in [5.41, 5.74) is 6.75. The fraction of sp³-hybridized carbons (Fsp3) is 0.375. The van der Waals surface area contributed by atoms with E-state index in [1.165, 1.54) is 22.5 Å². The molecular weight excluding hydrogens is 276 g/mol. The number of thiophene rings is 1. The molecule has 0 bridgehead atoms. The van der Waals surface area contributed by atoms with E-state index >= 15 is 0 Å². The molecule has 1 aromatic carbocycles. The third kappa shape index (κ3) is 2.45. The molecule has 0 aliphatic carbocycles. The first-order valence-corrected chi connectivity index (χ1v) is 7.59. The van der Waals surface area contributed by atoms with Crippen LogP contribution in [-0.2, 0) is 0 Å². The number of aryl methyl sites for hydroxylation is 3. The highest BCUT2D eigenvalue weighted by atomic mass is 35.5. The molecule has 1 aromatic heterocycles. The van der Waals surface area contributed by atoms with Gasteiger partial charge in [-0.05, 0) is 73.4 Å². The molecule has 0 amide bonds. The van der Waals surface area contributed by atoms with Crippen molar-refractivity contribution in [3.63, 3.8) is 0 Å². The summed E-state index contributed by atoms with van der Waals surface area (Å²) < 4.78 is 0. The molecule has 0 saturated carbocycles. The number of aliphatic hydroxyl groups excluding tert-OH is 1. The quantitative estimate of drug-likeness (QED) is 0.824. The Kier molecular flexibility index (Phi) is 4.05. The van der Waals surface area contributed by atoms with Gasteiger partial charge >= 0.3 is 0 Å². The van der Waals surface area contributed by atoms with Crippen LogP contribution in [0.1, 0.15) is 44.4 Å². The van der Waals surface area contributed by atoms with Crippen molar-refractivity contribution in [2.75, 3.05) is 0 Å². The lowest BCUT2D eigenvalue weighted by Crippen LogP contribution is -2.06. The van der Waals surface area contributed by atoms with Crippen LogP contribution in [0.25, 0.3) is 0 Å². The predicted octanol–water partition coefficient (Wildman–Crippen LogP) is 5.03. The molecule has 1 unspecified atom stereocenters. The Hall–Kier alpha value is -0.830. The van der Waals surface area contributed by atoms with Gasteiger partial charge in [-0.1, -0.05) is 17.7 Å². The molecule has 0 fully saturated rings. The average molecular weight is 295 g/mol. The molecule has 19 heavy (non-hydrogen) atoms. The fourth-order valence-electron chi connectivity index (χ4n) is 2.42. The summed E-state index contributed by atoms with van der Waals surface area (Å²) >= 11 is 7.81. The Morgan fingerprint density at radius 3 is 1.95 bits per heavy atom. The van der Waals surface area contributed by atoms with Crippen molar-refractivity contribution in [2.45, 2.75) is 40.7 Å². The average Bonchev–Trinajstić information content (AvgIpc) is 2.68. The molecule has 3 heteroatoms. The highest BCUT2D eigenvalue weighted by molar-refractivity contribution is 7.10. The van der Waals surface area contributed by atoms with E-state index in [1.807, 2.05) is 12.3 Å². The van der Waals surface area contributed by atoms with Gasteiger partial charge in [0, 0.05) is 0 Å². The molecule has 2 rings (SSSR count). The van der Waals surface area contributed by atoms with E-state index in [-0.39, 0.29) is 0 Å². The number of rotatable bonds is 2. The molecule has 1 atom stereocenters. The van der Waals surface area contributed by atoms with E-state index < -0.39 is 6.10 Å². The summed E-state index contributed by atoms with van der Waals surface area (Å²) in [4.78, 5) is 0.843. The second-order valence-electron chi connectivity index (χ2n) is 5.17. The van der Waals surface area contributed by atoms with Gasteiger partial charge in [0.1, 0.15) is 6.10 Å². The Labute approximate surface area is 123 Å². The van der Waals surface area contributed by atoms with E-state index in [1.54, 1.807) is 0 Å². The van der Waals surface area contributed by atoms with Gasteiger partial charge in [-0.15, -0.1) is 11.3 Å². The van der Waals surface area contributed by atoms with Crippen molar-refractivity contribution in [1.29, 1.82) is 0 Å². The van der Waals surface area contributed by atoms with Gasteiger partial charge in [0.15, 0.2) is 0 Å². The maximum absolute atomic E-state index is 10.7. The monoisotopic (exact) mass is 294 g/mol. The fourth-order valence-corrected chi connectivity index (χ4v) is 3.71. The minimum Gasteiger partial charge on any atom is -0.383 e. The summed E-state index contributed by atoms with van der Waals surface area (Å²) in [5, 5.41) is 13.4. The molecule has 1 N–H and O–H groups in total. The molecule has 0 radical (unpaired) electrons. The third-order valence-electron chi connectivity index (χ3n) is 3.87. The van der Waals surface area contributed by atoms with Crippen molar-refractivity contribution in [1.82, 2.24) is 0 Å². The zero-order valence-corrected chi connectivity index (χ0v) is 13.5. The molecule has 0 aliphatic rings. The van der Waals surface area contributed by atoms with Gasteiger partial charge in [0.2, 0.25) is 0 Å². The SMILES string of the molecule is Cc1cc(C)c(C)c(C(O)c2scc(C)c2Cl)c1C. The van der Waals surface area contributed by atoms with Crippen molar-refractivity contribution >= 4 is 22.9 Å². The van der Waals surface area contributed by atoms with Gasteiger partial charge in [-0.25, -0.2) is 0 Å². The van der Waals surface area contributed by atoms with Crippen LogP contribution >= 0.6 is 22.9 Å². The smallest absolute Gasteiger partial charge is 0.115 e. The molecule has 0 saturated heterocycles. The van der Waals surface area contributed by atoms with Gasteiger partial charge in [-0.3, -0.25) is 0 Å². The lowest BCUT2D eigenvalue weighted by Gasteiger charge is -2.20. The highest BCUT2D eigenvalue weighted by Gasteiger charge is 2.22. The number of aliphatic hydroxyl groups is 1. The largest absolute Gasteiger partial charge is 0.383 e. The van der Waals surface area contributed by atoms with Gasteiger partial charge in [0.05, 0.1) is 9.90 Å². The molecule has 2 aromatic rings. The second-order valence-corrected chi connectivity index (χ2v) is 6.46. The Bertz CT molecular complexity index is 602. The van der Waals surface area contributed by atoms with Crippen LogP contribution in [0.5, 0.6) is 0 Å². The van der Waals surface area contributed by atoms with Crippen molar-refractivity contribution in [2.24, 2.45) is 0 Å². The third-order valence-corrected chi connectivity index (χ3v) is 5.64. The molecule has 1 heterocycles. The maximum atomic E-state index is 10.7. The van der Waals surface area contributed by atoms with Crippen LogP contribution in [-0.4, -0.2) is 5.11 Å². The Morgan fingerprint density at radius 2 is 1.53 bits per heavy atom. The number of benzene rings is 1. The minimum atomic E-state index is -0.634. The van der Waals surface area contributed by atoms with E-state index in [9.17, 15) is 5.11 Å². The Morgan fingerprint density at radius 1 is 1.00 bits per heavy atom. The van der Waals surface area contributed by atoms with E-state index in [0.717, 1.165) is 27.1 Å². The van der Waals surface area contributed by atoms with Crippen molar-refractivity contribution in [3.05, 3.63) is 54.7 Å². The molecule has 1 nitrogen and oxygen atoms in total. The molecule has 0 aliphatic heterocycles. The van der Waals surface area contributed by atoms with Crippen LogP contribution < -0.4 is 0 Å². The van der Waals surface area contributed by atoms with Crippen molar-refractivity contribution < 1.29 is 5.11 Å². The standard InChI is InChI=1S/C16H19ClOS/c1-8-6-9(2)12(5)13(11(8)4)15(18)16-14(17)10(3)7-19-16/h6-7,15,18H,1-5H3. The first kappa shape index (κ1) is 14.6. The van der Waals surface area contributed by atoms with Gasteiger partial charge in [-0.2, -0.15) is 0 Å². The first-order chi connectivity index (χ1) is 8.84. The van der Waals surface area contributed by atoms with Gasteiger partial charge < -0.3 is 5.11 Å². The zero-order chi connectivity index (χ0) is 14.3. The number of hydrogen-bond donors (Lipinski definition) is 1. The summed E-state index contributed by atoms with van der Waals surface area (Å²) in [7, 11) is 0. The summed E-state index contributed by atoms with van der Waals surface area (Å²) in [6.45, 7) is 10.3. The molecular formula is C16H19ClOS. The lowest BCUT2D eigenvalue weighted by molar-refractivity contribution is 0.222. The predicted molar refractivity (Wildman–Crippen MR) is 83.5 cm³/mol. The van der Waals surface area contributed by atoms with Gasteiger partial charge in [0.25, 0.3) is 0 Å². The van der Waals surface area contributed by atoms with Crippen LogP contribution in [0.15, 0.2) is 11.4 Å². The number of hydrogen-bond acceptors (Lipinski definition) is 2. The van der Waals surface area contributed by atoms with Crippen LogP contribution in [0, 0.1) is 34.6 Å². The first-order valence-electron chi connectivity index (χ1n) is 6.33. The molecule has 102 valence electrons. The van der Waals surface area contributed by atoms with E-state index in [4.69, 9.17) is 11.6 Å². The summed E-state index contributed by atoms with van der Waals surface area (Å²) in [6, 6.07) is 2.17. The normalized spacial score (nSPS) is 12.8. The van der Waals surface area contributed by atoms with E-state index in [2.05, 4.69) is 33.8 Å². The lowest BCUT2D eigenvalue weighted by atomic mass is 9.90. The topological polar surface area (TPSA) is 20.2 Å². The van der Waals surface area contributed by atoms with Crippen molar-refractivity contribution in [3.8, 4) is 0 Å².